The normalized spacial score (nSPS) is 22.5. The zero-order chi connectivity index (χ0) is 22.2. The van der Waals surface area contributed by atoms with Crippen molar-refractivity contribution in [3.05, 3.63) is 47.4 Å². The van der Waals surface area contributed by atoms with Gasteiger partial charge >= 0.3 is 0 Å². The Labute approximate surface area is 171 Å². The van der Waals surface area contributed by atoms with E-state index in [1.165, 1.54) is 19.2 Å². The predicted octanol–water partition coefficient (Wildman–Crippen LogP) is 2.40. The molecule has 30 heavy (non-hydrogen) atoms. The van der Waals surface area contributed by atoms with Gasteiger partial charge in [0, 0.05) is 17.5 Å². The van der Waals surface area contributed by atoms with Crippen LogP contribution < -0.4 is 15.8 Å². The Balaban J connectivity index is 1.98. The minimum Gasteiger partial charge on any atom is -0.493 e. The molecule has 8 nitrogen and oxygen atoms in total. The van der Waals surface area contributed by atoms with Gasteiger partial charge in [-0.3, -0.25) is 9.59 Å². The maximum absolute atomic E-state index is 14.3. The molecule has 1 aromatic heterocycles. The van der Waals surface area contributed by atoms with Crippen molar-refractivity contribution in [2.24, 2.45) is 11.7 Å². The molecule has 1 saturated heterocycles. The Hall–Kier alpha value is -3.14. The van der Waals surface area contributed by atoms with Crippen LogP contribution in [0.4, 0.5) is 14.6 Å². The van der Waals surface area contributed by atoms with Gasteiger partial charge in [-0.2, -0.15) is 4.39 Å². The highest BCUT2D eigenvalue weighted by Gasteiger charge is 2.51. The van der Waals surface area contributed by atoms with E-state index in [4.69, 9.17) is 15.2 Å². The SMILES string of the molecule is COc1c([C@H]2[C@H](C(=O)Nc3cc(C(N)=O)ncn3)OC(C)(C)[C@H]2C)ccc(F)c1F. The van der Waals surface area contributed by atoms with Gasteiger partial charge in [-0.1, -0.05) is 13.0 Å². The molecule has 0 unspecified atom stereocenters. The summed E-state index contributed by atoms with van der Waals surface area (Å²) in [6.07, 6.45) is 0.0361. The van der Waals surface area contributed by atoms with E-state index >= 15 is 0 Å². The monoisotopic (exact) mass is 420 g/mol. The second kappa shape index (κ2) is 7.94. The van der Waals surface area contributed by atoms with Crippen LogP contribution in [0.25, 0.3) is 0 Å². The van der Waals surface area contributed by atoms with E-state index in [0.29, 0.717) is 5.56 Å². The highest BCUT2D eigenvalue weighted by molar-refractivity contribution is 5.96. The molecular formula is C20H22F2N4O4. The van der Waals surface area contributed by atoms with E-state index in [0.717, 1.165) is 12.4 Å². The molecule has 0 aliphatic carbocycles. The maximum Gasteiger partial charge on any atom is 0.267 e. The number of benzene rings is 1. The molecule has 10 heteroatoms. The van der Waals surface area contributed by atoms with Crippen molar-refractivity contribution in [2.75, 3.05) is 12.4 Å². The number of nitrogens with one attached hydrogen (secondary N) is 1. The van der Waals surface area contributed by atoms with Crippen LogP contribution in [0.5, 0.6) is 5.75 Å². The minimum absolute atomic E-state index is 0.0563. The maximum atomic E-state index is 14.3. The molecule has 160 valence electrons. The summed E-state index contributed by atoms with van der Waals surface area (Å²) in [5.41, 5.74) is 4.70. The molecule has 0 spiro atoms. The molecule has 3 rings (SSSR count). The molecular weight excluding hydrogens is 398 g/mol. The topological polar surface area (TPSA) is 116 Å². The number of methoxy groups -OCH3 is 1. The minimum atomic E-state index is -1.13. The summed E-state index contributed by atoms with van der Waals surface area (Å²) < 4.78 is 39.1. The lowest BCUT2D eigenvalue weighted by Gasteiger charge is -2.25. The number of primary amides is 1. The zero-order valence-corrected chi connectivity index (χ0v) is 16.9. The Morgan fingerprint density at radius 3 is 2.60 bits per heavy atom. The third-order valence-corrected chi connectivity index (χ3v) is 5.47. The van der Waals surface area contributed by atoms with Crippen LogP contribution in [0.15, 0.2) is 24.5 Å². The second-order valence-electron chi connectivity index (χ2n) is 7.58. The number of anilines is 1. The van der Waals surface area contributed by atoms with E-state index < -0.39 is 41.1 Å². The highest BCUT2D eigenvalue weighted by Crippen LogP contribution is 2.49. The number of ether oxygens (including phenoxy) is 2. The van der Waals surface area contributed by atoms with Crippen LogP contribution in [0.2, 0.25) is 0 Å². The fourth-order valence-electron chi connectivity index (χ4n) is 3.63. The van der Waals surface area contributed by atoms with Crippen molar-refractivity contribution >= 4 is 17.6 Å². The standard InChI is InChI=1S/C20H22F2N4O4/c1-9-14(10-5-6-11(21)15(22)16(10)29-4)17(30-20(9,2)3)19(28)26-13-7-12(18(23)27)24-8-25-13/h5-9,14,17H,1-4H3,(H2,23,27)(H,24,25,26,28)/t9-,14-,17+/m0/s1. The largest absolute Gasteiger partial charge is 0.493 e. The second-order valence-corrected chi connectivity index (χ2v) is 7.58. The van der Waals surface area contributed by atoms with Crippen molar-refractivity contribution in [3.63, 3.8) is 0 Å². The van der Waals surface area contributed by atoms with Gasteiger partial charge in [-0.15, -0.1) is 0 Å². The van der Waals surface area contributed by atoms with Gasteiger partial charge in [0.1, 0.15) is 23.9 Å². The summed E-state index contributed by atoms with van der Waals surface area (Å²) >= 11 is 0. The summed E-state index contributed by atoms with van der Waals surface area (Å²) in [4.78, 5) is 32.0. The van der Waals surface area contributed by atoms with Gasteiger partial charge in [-0.05, 0) is 25.8 Å². The van der Waals surface area contributed by atoms with Crippen molar-refractivity contribution in [1.82, 2.24) is 9.97 Å². The number of rotatable bonds is 5. The van der Waals surface area contributed by atoms with Gasteiger partial charge in [0.25, 0.3) is 11.8 Å². The van der Waals surface area contributed by atoms with Gasteiger partial charge in [0.2, 0.25) is 5.82 Å². The number of amides is 2. The van der Waals surface area contributed by atoms with Crippen molar-refractivity contribution in [1.29, 1.82) is 0 Å². The van der Waals surface area contributed by atoms with Crippen molar-refractivity contribution < 1.29 is 27.8 Å². The van der Waals surface area contributed by atoms with E-state index in [2.05, 4.69) is 15.3 Å². The van der Waals surface area contributed by atoms with Gasteiger partial charge < -0.3 is 20.5 Å². The Morgan fingerprint density at radius 2 is 1.97 bits per heavy atom. The summed E-state index contributed by atoms with van der Waals surface area (Å²) in [6, 6.07) is 3.61. The molecule has 3 atom stereocenters. The number of nitrogens with zero attached hydrogens (tertiary/aromatic N) is 2. The lowest BCUT2D eigenvalue weighted by molar-refractivity contribution is -0.131. The number of carbonyl (C=O) groups is 2. The van der Waals surface area contributed by atoms with Crippen LogP contribution >= 0.6 is 0 Å². The van der Waals surface area contributed by atoms with Gasteiger partial charge in [0.05, 0.1) is 12.7 Å². The molecule has 0 bridgehead atoms. The van der Waals surface area contributed by atoms with Crippen LogP contribution in [-0.4, -0.2) is 40.6 Å². The first-order valence-corrected chi connectivity index (χ1v) is 9.19. The number of nitrogens with two attached hydrogens (primary N) is 1. The van der Waals surface area contributed by atoms with Crippen LogP contribution in [0.3, 0.4) is 0 Å². The molecule has 0 saturated carbocycles. The summed E-state index contributed by atoms with van der Waals surface area (Å²) in [6.45, 7) is 5.47. The highest BCUT2D eigenvalue weighted by atomic mass is 19.2. The average Bonchev–Trinajstić information content (AvgIpc) is 2.93. The molecule has 1 fully saturated rings. The molecule has 1 aliphatic heterocycles. The number of halogens is 2. The summed E-state index contributed by atoms with van der Waals surface area (Å²) in [5, 5.41) is 2.57. The molecule has 2 heterocycles. The fourth-order valence-corrected chi connectivity index (χ4v) is 3.63. The molecule has 3 N–H and O–H groups in total. The Kier molecular flexibility index (Phi) is 5.71. The van der Waals surface area contributed by atoms with E-state index in [-0.39, 0.29) is 23.2 Å². The first-order chi connectivity index (χ1) is 14.1. The Bertz CT molecular complexity index is 999. The predicted molar refractivity (Wildman–Crippen MR) is 103 cm³/mol. The first-order valence-electron chi connectivity index (χ1n) is 9.19. The zero-order valence-electron chi connectivity index (χ0n) is 16.9. The van der Waals surface area contributed by atoms with Gasteiger partial charge in [-0.25, -0.2) is 14.4 Å². The third kappa shape index (κ3) is 3.82. The number of carbonyl (C=O) groups excluding carboxylic acids is 2. The average molecular weight is 420 g/mol. The molecule has 2 aromatic rings. The lowest BCUT2D eigenvalue weighted by atomic mass is 9.78. The molecule has 1 aliphatic rings. The molecule has 2 amide bonds. The third-order valence-electron chi connectivity index (χ3n) is 5.47. The first kappa shape index (κ1) is 21.6. The van der Waals surface area contributed by atoms with Crippen molar-refractivity contribution in [2.45, 2.75) is 38.4 Å². The number of hydrogen-bond donors (Lipinski definition) is 2. The number of aromatic nitrogens is 2. The smallest absolute Gasteiger partial charge is 0.267 e. The number of hydrogen-bond acceptors (Lipinski definition) is 6. The van der Waals surface area contributed by atoms with E-state index in [9.17, 15) is 18.4 Å². The van der Waals surface area contributed by atoms with E-state index in [1.807, 2.05) is 6.92 Å². The van der Waals surface area contributed by atoms with Crippen LogP contribution in [0.1, 0.15) is 42.7 Å². The summed E-state index contributed by atoms with van der Waals surface area (Å²) in [5.74, 6) is -4.64. The fraction of sp³-hybridized carbons (Fsp3) is 0.400. The van der Waals surface area contributed by atoms with Crippen LogP contribution in [0, 0.1) is 17.6 Å². The van der Waals surface area contributed by atoms with Gasteiger partial charge in [0.15, 0.2) is 11.6 Å². The van der Waals surface area contributed by atoms with E-state index in [1.54, 1.807) is 13.8 Å². The Morgan fingerprint density at radius 1 is 1.27 bits per heavy atom. The quantitative estimate of drug-likeness (QED) is 0.767. The van der Waals surface area contributed by atoms with Crippen molar-refractivity contribution in [3.8, 4) is 5.75 Å². The lowest BCUT2D eigenvalue weighted by Crippen LogP contribution is -2.33. The summed E-state index contributed by atoms with van der Waals surface area (Å²) in [7, 11) is 1.23. The molecule has 0 radical (unpaired) electrons. The molecule has 1 aromatic carbocycles. The van der Waals surface area contributed by atoms with Crippen LogP contribution in [-0.2, 0) is 9.53 Å².